The molecule has 2 rings (SSSR count). The maximum Gasteiger partial charge on any atom is 0.156 e. The standard InChI is InChI=1S/C15H23N3/c1-9(2)16-14-12-11(17-18-14)8-7-10(3)13(12)15(4,5)6/h7-9H,1-6H3,(H2,16,17,18). The Morgan fingerprint density at radius 3 is 2.44 bits per heavy atom. The summed E-state index contributed by atoms with van der Waals surface area (Å²) in [6.45, 7) is 13.2. The van der Waals surface area contributed by atoms with E-state index in [-0.39, 0.29) is 5.41 Å². The van der Waals surface area contributed by atoms with Crippen LogP contribution in [0.15, 0.2) is 12.1 Å². The van der Waals surface area contributed by atoms with Gasteiger partial charge < -0.3 is 5.32 Å². The van der Waals surface area contributed by atoms with E-state index >= 15 is 0 Å². The minimum atomic E-state index is 0.112. The average Bonchev–Trinajstić information content (AvgIpc) is 2.58. The van der Waals surface area contributed by atoms with Crippen LogP contribution in [0.5, 0.6) is 0 Å². The lowest BCUT2D eigenvalue weighted by Crippen LogP contribution is -2.15. The molecule has 2 aromatic rings. The molecule has 0 amide bonds. The van der Waals surface area contributed by atoms with Crippen molar-refractivity contribution in [3.05, 3.63) is 23.3 Å². The number of anilines is 1. The van der Waals surface area contributed by atoms with E-state index in [1.807, 2.05) is 0 Å². The Morgan fingerprint density at radius 1 is 1.22 bits per heavy atom. The summed E-state index contributed by atoms with van der Waals surface area (Å²) in [5, 5.41) is 12.2. The predicted molar refractivity (Wildman–Crippen MR) is 78.3 cm³/mol. The van der Waals surface area contributed by atoms with Gasteiger partial charge in [-0.1, -0.05) is 26.8 Å². The van der Waals surface area contributed by atoms with Crippen molar-refractivity contribution < 1.29 is 0 Å². The molecular formula is C15H23N3. The van der Waals surface area contributed by atoms with Gasteiger partial charge in [0, 0.05) is 11.4 Å². The maximum atomic E-state index is 4.41. The van der Waals surface area contributed by atoms with Crippen LogP contribution in [0.3, 0.4) is 0 Å². The number of nitrogens with one attached hydrogen (secondary N) is 2. The quantitative estimate of drug-likeness (QED) is 0.840. The van der Waals surface area contributed by atoms with Gasteiger partial charge in [-0.2, -0.15) is 5.10 Å². The Labute approximate surface area is 109 Å². The number of hydrogen-bond donors (Lipinski definition) is 2. The first-order valence-corrected chi connectivity index (χ1v) is 6.55. The molecule has 3 nitrogen and oxygen atoms in total. The Balaban J connectivity index is 2.73. The highest BCUT2D eigenvalue weighted by molar-refractivity contribution is 5.94. The Kier molecular flexibility index (Phi) is 3.09. The third-order valence-corrected chi connectivity index (χ3v) is 3.11. The second-order valence-corrected chi connectivity index (χ2v) is 6.30. The second-order valence-electron chi connectivity index (χ2n) is 6.30. The zero-order valence-corrected chi connectivity index (χ0v) is 12.2. The van der Waals surface area contributed by atoms with E-state index in [0.717, 1.165) is 11.3 Å². The Bertz CT molecular complexity index is 559. The van der Waals surface area contributed by atoms with Crippen LogP contribution in [-0.2, 0) is 5.41 Å². The van der Waals surface area contributed by atoms with Crippen molar-refractivity contribution in [1.29, 1.82) is 0 Å². The van der Waals surface area contributed by atoms with Crippen LogP contribution in [-0.4, -0.2) is 16.2 Å². The topological polar surface area (TPSA) is 40.7 Å². The van der Waals surface area contributed by atoms with E-state index in [2.05, 4.69) is 69.2 Å². The summed E-state index contributed by atoms with van der Waals surface area (Å²) in [6, 6.07) is 4.66. The smallest absolute Gasteiger partial charge is 0.156 e. The molecule has 0 saturated heterocycles. The van der Waals surface area contributed by atoms with Crippen molar-refractivity contribution in [1.82, 2.24) is 10.2 Å². The molecule has 3 heteroatoms. The van der Waals surface area contributed by atoms with Crippen LogP contribution < -0.4 is 5.32 Å². The molecule has 0 unspecified atom stereocenters. The summed E-state index contributed by atoms with van der Waals surface area (Å²) in [7, 11) is 0. The number of benzene rings is 1. The lowest BCUT2D eigenvalue weighted by atomic mass is 9.82. The summed E-state index contributed by atoms with van der Waals surface area (Å²) < 4.78 is 0. The third-order valence-electron chi connectivity index (χ3n) is 3.11. The van der Waals surface area contributed by atoms with Gasteiger partial charge in [-0.05, 0) is 43.4 Å². The van der Waals surface area contributed by atoms with Crippen molar-refractivity contribution in [3.63, 3.8) is 0 Å². The van der Waals surface area contributed by atoms with Gasteiger partial charge in [-0.25, -0.2) is 0 Å². The fraction of sp³-hybridized carbons (Fsp3) is 0.533. The Morgan fingerprint density at radius 2 is 1.89 bits per heavy atom. The summed E-state index contributed by atoms with van der Waals surface area (Å²) in [5.74, 6) is 0.966. The van der Waals surface area contributed by atoms with Gasteiger partial charge in [0.2, 0.25) is 0 Å². The first kappa shape index (κ1) is 12.9. The average molecular weight is 245 g/mol. The molecule has 1 aromatic heterocycles. The number of aromatic amines is 1. The van der Waals surface area contributed by atoms with Crippen LogP contribution in [0.1, 0.15) is 45.7 Å². The molecule has 18 heavy (non-hydrogen) atoms. The lowest BCUT2D eigenvalue weighted by molar-refractivity contribution is 0.592. The molecule has 0 bridgehead atoms. The number of hydrogen-bond acceptors (Lipinski definition) is 2. The molecule has 2 N–H and O–H groups in total. The lowest BCUT2D eigenvalue weighted by Gasteiger charge is -2.23. The van der Waals surface area contributed by atoms with Gasteiger partial charge in [0.1, 0.15) is 0 Å². The van der Waals surface area contributed by atoms with E-state index in [0.29, 0.717) is 6.04 Å². The summed E-state index contributed by atoms with van der Waals surface area (Å²) in [6.07, 6.45) is 0. The number of fused-ring (bicyclic) bond motifs is 1. The van der Waals surface area contributed by atoms with Crippen LogP contribution in [0.4, 0.5) is 5.82 Å². The summed E-state index contributed by atoms with van der Waals surface area (Å²) >= 11 is 0. The molecule has 0 saturated carbocycles. The number of rotatable bonds is 2. The summed E-state index contributed by atoms with van der Waals surface area (Å²) in [5.41, 5.74) is 3.91. The Hall–Kier alpha value is -1.51. The molecule has 0 aliphatic heterocycles. The first-order chi connectivity index (χ1) is 8.30. The van der Waals surface area contributed by atoms with Crippen molar-refractivity contribution in [2.24, 2.45) is 0 Å². The molecule has 0 aliphatic carbocycles. The monoisotopic (exact) mass is 245 g/mol. The zero-order chi connectivity index (χ0) is 13.5. The molecule has 0 fully saturated rings. The van der Waals surface area contributed by atoms with E-state index in [4.69, 9.17) is 0 Å². The highest BCUT2D eigenvalue weighted by Gasteiger charge is 2.22. The van der Waals surface area contributed by atoms with E-state index in [9.17, 15) is 0 Å². The van der Waals surface area contributed by atoms with Crippen LogP contribution in [0.2, 0.25) is 0 Å². The van der Waals surface area contributed by atoms with Crippen molar-refractivity contribution >= 4 is 16.7 Å². The SMILES string of the molecule is Cc1ccc2[nH]nc(NC(C)C)c2c1C(C)(C)C. The van der Waals surface area contributed by atoms with Crippen LogP contribution in [0, 0.1) is 6.92 Å². The predicted octanol–water partition coefficient (Wildman–Crippen LogP) is 3.99. The van der Waals surface area contributed by atoms with Gasteiger partial charge >= 0.3 is 0 Å². The zero-order valence-electron chi connectivity index (χ0n) is 12.2. The van der Waals surface area contributed by atoms with Crippen LogP contribution >= 0.6 is 0 Å². The molecule has 0 radical (unpaired) electrons. The minimum absolute atomic E-state index is 0.112. The minimum Gasteiger partial charge on any atom is -0.366 e. The number of aromatic nitrogens is 2. The van der Waals surface area contributed by atoms with Crippen molar-refractivity contribution in [2.45, 2.75) is 53.0 Å². The first-order valence-electron chi connectivity index (χ1n) is 6.55. The van der Waals surface area contributed by atoms with Gasteiger partial charge in [-0.3, -0.25) is 5.10 Å². The second kappa shape index (κ2) is 4.30. The maximum absolute atomic E-state index is 4.41. The van der Waals surface area contributed by atoms with Gasteiger partial charge in [-0.15, -0.1) is 0 Å². The largest absolute Gasteiger partial charge is 0.366 e. The molecule has 1 aromatic carbocycles. The van der Waals surface area contributed by atoms with E-state index in [1.54, 1.807) is 0 Å². The number of H-pyrrole nitrogens is 1. The van der Waals surface area contributed by atoms with E-state index in [1.165, 1.54) is 16.5 Å². The molecular weight excluding hydrogens is 222 g/mol. The fourth-order valence-corrected chi connectivity index (χ4v) is 2.56. The molecule has 0 spiro atoms. The fourth-order valence-electron chi connectivity index (χ4n) is 2.56. The molecule has 0 atom stereocenters. The van der Waals surface area contributed by atoms with Crippen LogP contribution in [0.25, 0.3) is 10.9 Å². The highest BCUT2D eigenvalue weighted by atomic mass is 15.2. The number of nitrogens with zero attached hydrogens (tertiary/aromatic N) is 1. The van der Waals surface area contributed by atoms with Gasteiger partial charge in [0.15, 0.2) is 5.82 Å². The molecule has 1 heterocycles. The summed E-state index contributed by atoms with van der Waals surface area (Å²) in [4.78, 5) is 0. The van der Waals surface area contributed by atoms with E-state index < -0.39 is 0 Å². The normalized spacial score (nSPS) is 12.4. The highest BCUT2D eigenvalue weighted by Crippen LogP contribution is 2.35. The van der Waals surface area contributed by atoms with Gasteiger partial charge in [0.05, 0.1) is 5.52 Å². The third kappa shape index (κ3) is 2.22. The van der Waals surface area contributed by atoms with Crippen molar-refractivity contribution in [3.8, 4) is 0 Å². The molecule has 0 aliphatic rings. The van der Waals surface area contributed by atoms with Gasteiger partial charge in [0.25, 0.3) is 0 Å². The number of aryl methyl sites for hydroxylation is 1. The van der Waals surface area contributed by atoms with Crippen molar-refractivity contribution in [2.75, 3.05) is 5.32 Å². The molecule has 98 valence electrons.